The van der Waals surface area contributed by atoms with Gasteiger partial charge in [0.15, 0.2) is 11.0 Å². The number of thioether (sulfide) groups is 1. The van der Waals surface area contributed by atoms with Gasteiger partial charge in [0.1, 0.15) is 5.82 Å². The van der Waals surface area contributed by atoms with Gasteiger partial charge in [-0.2, -0.15) is 4.98 Å². The van der Waals surface area contributed by atoms with Crippen molar-refractivity contribution in [1.82, 2.24) is 24.7 Å². The van der Waals surface area contributed by atoms with Gasteiger partial charge < -0.3 is 4.52 Å². The van der Waals surface area contributed by atoms with Gasteiger partial charge in [0.05, 0.1) is 16.2 Å². The first-order valence-corrected chi connectivity index (χ1v) is 10.9. The van der Waals surface area contributed by atoms with Crippen LogP contribution in [0, 0.1) is 6.92 Å². The molecule has 4 aromatic rings. The summed E-state index contributed by atoms with van der Waals surface area (Å²) in [6, 6.07) is 11.1. The molecule has 7 nitrogen and oxygen atoms in total. The third kappa shape index (κ3) is 4.14. The summed E-state index contributed by atoms with van der Waals surface area (Å²) in [6.07, 6.45) is 4.63. The van der Waals surface area contributed by atoms with E-state index in [-0.39, 0.29) is 10.8 Å². The monoisotopic (exact) mass is 421 g/mol. The fourth-order valence-corrected chi connectivity index (χ4v) is 4.01. The highest BCUT2D eigenvalue weighted by Crippen LogP contribution is 2.33. The predicted octanol–water partition coefficient (Wildman–Crippen LogP) is 4.67. The molecule has 0 aliphatic heterocycles. The summed E-state index contributed by atoms with van der Waals surface area (Å²) in [7, 11) is 0. The molecule has 1 atom stereocenters. The fraction of sp³-hybridized carbons (Fsp3) is 0.318. The number of hydrogen-bond donors (Lipinski definition) is 0. The van der Waals surface area contributed by atoms with Gasteiger partial charge in [-0.1, -0.05) is 48.5 Å². The Bertz CT molecular complexity index is 1220. The summed E-state index contributed by atoms with van der Waals surface area (Å²) in [5, 5.41) is 4.99. The van der Waals surface area contributed by atoms with E-state index in [2.05, 4.69) is 22.0 Å². The van der Waals surface area contributed by atoms with Crippen LogP contribution in [0.3, 0.4) is 0 Å². The van der Waals surface area contributed by atoms with Crippen LogP contribution < -0.4 is 5.56 Å². The molecule has 0 aliphatic carbocycles. The van der Waals surface area contributed by atoms with Crippen LogP contribution in [-0.4, -0.2) is 24.7 Å². The Kier molecular flexibility index (Phi) is 5.94. The Hall–Kier alpha value is -3.00. The van der Waals surface area contributed by atoms with Crippen molar-refractivity contribution >= 4 is 22.7 Å². The van der Waals surface area contributed by atoms with E-state index in [1.807, 2.05) is 44.2 Å². The molecule has 30 heavy (non-hydrogen) atoms. The Morgan fingerprint density at radius 3 is 2.77 bits per heavy atom. The number of hydrogen-bond acceptors (Lipinski definition) is 7. The molecule has 0 fully saturated rings. The topological polar surface area (TPSA) is 86.7 Å². The van der Waals surface area contributed by atoms with Gasteiger partial charge in [0.2, 0.25) is 5.89 Å². The standard InChI is InChI=1S/C22H23N5O2S/c1-4-5-10-18-25-20(29-26-18)15(3)30-22-24-17-9-7-6-8-16(17)21(28)27(22)19-12-11-14(2)13-23-19/h6-9,11-13,15H,4-5,10H2,1-3H3/t15-/m1/s1. The van der Waals surface area contributed by atoms with E-state index >= 15 is 0 Å². The van der Waals surface area contributed by atoms with Crippen molar-refractivity contribution in [2.75, 3.05) is 0 Å². The van der Waals surface area contributed by atoms with Crippen molar-refractivity contribution < 1.29 is 4.52 Å². The van der Waals surface area contributed by atoms with E-state index in [9.17, 15) is 4.79 Å². The molecule has 8 heteroatoms. The highest BCUT2D eigenvalue weighted by atomic mass is 32.2. The lowest BCUT2D eigenvalue weighted by Gasteiger charge is -2.14. The molecule has 3 heterocycles. The van der Waals surface area contributed by atoms with Crippen LogP contribution in [0.1, 0.15) is 49.2 Å². The summed E-state index contributed by atoms with van der Waals surface area (Å²) in [5.74, 6) is 1.77. The largest absolute Gasteiger partial charge is 0.338 e. The molecular formula is C22H23N5O2S. The number of pyridine rings is 1. The van der Waals surface area contributed by atoms with Crippen molar-refractivity contribution in [1.29, 1.82) is 0 Å². The van der Waals surface area contributed by atoms with Gasteiger partial charge in [-0.05, 0) is 44.0 Å². The number of rotatable bonds is 7. The average Bonchev–Trinajstić information content (AvgIpc) is 3.23. The first-order valence-electron chi connectivity index (χ1n) is 10.0. The summed E-state index contributed by atoms with van der Waals surface area (Å²) < 4.78 is 7.01. The summed E-state index contributed by atoms with van der Waals surface area (Å²) >= 11 is 1.40. The normalized spacial score (nSPS) is 12.4. The van der Waals surface area contributed by atoms with Crippen LogP contribution in [0.2, 0.25) is 0 Å². The predicted molar refractivity (Wildman–Crippen MR) is 117 cm³/mol. The highest BCUT2D eigenvalue weighted by Gasteiger charge is 2.21. The van der Waals surface area contributed by atoms with Crippen LogP contribution in [-0.2, 0) is 6.42 Å². The third-order valence-corrected chi connectivity index (χ3v) is 5.78. The van der Waals surface area contributed by atoms with Crippen LogP contribution in [0.5, 0.6) is 0 Å². The molecule has 0 amide bonds. The molecule has 0 N–H and O–H groups in total. The first-order chi connectivity index (χ1) is 14.6. The quantitative estimate of drug-likeness (QED) is 0.317. The van der Waals surface area contributed by atoms with Gasteiger partial charge in [-0.3, -0.25) is 4.79 Å². The van der Waals surface area contributed by atoms with E-state index in [1.165, 1.54) is 11.8 Å². The van der Waals surface area contributed by atoms with Gasteiger partial charge >= 0.3 is 0 Å². The smallest absolute Gasteiger partial charge is 0.267 e. The van der Waals surface area contributed by atoms with Crippen molar-refractivity contribution in [3.05, 3.63) is 70.2 Å². The first kappa shape index (κ1) is 20.3. The molecule has 0 bridgehead atoms. The maximum Gasteiger partial charge on any atom is 0.267 e. The molecular weight excluding hydrogens is 398 g/mol. The molecule has 3 aromatic heterocycles. The number of aryl methyl sites for hydroxylation is 2. The second-order valence-electron chi connectivity index (χ2n) is 7.16. The fourth-order valence-electron chi connectivity index (χ4n) is 3.06. The lowest BCUT2D eigenvalue weighted by Crippen LogP contribution is -2.22. The van der Waals surface area contributed by atoms with Gasteiger partial charge in [-0.25, -0.2) is 14.5 Å². The summed E-state index contributed by atoms with van der Waals surface area (Å²) in [5.41, 5.74) is 1.52. The Balaban J connectivity index is 1.75. The van der Waals surface area contributed by atoms with Gasteiger partial charge in [0, 0.05) is 12.6 Å². The number of unbranched alkanes of at least 4 members (excludes halogenated alkanes) is 1. The number of benzene rings is 1. The molecule has 1 aromatic carbocycles. The van der Waals surface area contributed by atoms with E-state index in [0.29, 0.717) is 33.6 Å². The molecule has 154 valence electrons. The molecule has 0 radical (unpaired) electrons. The van der Waals surface area contributed by atoms with E-state index < -0.39 is 0 Å². The van der Waals surface area contributed by atoms with Crippen LogP contribution in [0.25, 0.3) is 16.7 Å². The minimum Gasteiger partial charge on any atom is -0.338 e. The number of fused-ring (bicyclic) bond motifs is 1. The van der Waals surface area contributed by atoms with Crippen LogP contribution in [0.4, 0.5) is 0 Å². The van der Waals surface area contributed by atoms with Crippen molar-refractivity contribution in [2.24, 2.45) is 0 Å². The summed E-state index contributed by atoms with van der Waals surface area (Å²) in [6.45, 7) is 6.06. The molecule has 0 saturated heterocycles. The van der Waals surface area contributed by atoms with Gasteiger partial charge in [-0.15, -0.1) is 0 Å². The maximum atomic E-state index is 13.3. The zero-order valence-electron chi connectivity index (χ0n) is 17.2. The minimum atomic E-state index is -0.169. The number of para-hydroxylation sites is 1. The van der Waals surface area contributed by atoms with Gasteiger partial charge in [0.25, 0.3) is 5.56 Å². The second-order valence-corrected chi connectivity index (χ2v) is 8.47. The molecule has 0 unspecified atom stereocenters. The Morgan fingerprint density at radius 2 is 2.00 bits per heavy atom. The third-order valence-electron chi connectivity index (χ3n) is 4.74. The molecule has 0 spiro atoms. The molecule has 0 saturated carbocycles. The lowest BCUT2D eigenvalue weighted by molar-refractivity contribution is 0.374. The van der Waals surface area contributed by atoms with Crippen LogP contribution in [0.15, 0.2) is 57.1 Å². The highest BCUT2D eigenvalue weighted by molar-refractivity contribution is 7.99. The number of nitrogens with zero attached hydrogens (tertiary/aromatic N) is 5. The SMILES string of the molecule is CCCCc1noc([C@@H](C)Sc2nc3ccccc3c(=O)n2-c2ccc(C)cn2)n1. The average molecular weight is 422 g/mol. The van der Waals surface area contributed by atoms with E-state index in [0.717, 1.165) is 24.8 Å². The zero-order chi connectivity index (χ0) is 21.1. The van der Waals surface area contributed by atoms with Crippen LogP contribution >= 0.6 is 11.8 Å². The van der Waals surface area contributed by atoms with E-state index in [1.54, 1.807) is 16.8 Å². The van der Waals surface area contributed by atoms with Crippen molar-refractivity contribution in [2.45, 2.75) is 50.4 Å². The Labute approximate surface area is 178 Å². The van der Waals surface area contributed by atoms with E-state index in [4.69, 9.17) is 9.51 Å². The van der Waals surface area contributed by atoms with Crippen molar-refractivity contribution in [3.63, 3.8) is 0 Å². The van der Waals surface area contributed by atoms with Crippen molar-refractivity contribution in [3.8, 4) is 5.82 Å². The molecule has 0 aliphatic rings. The number of aromatic nitrogens is 5. The minimum absolute atomic E-state index is 0.152. The second kappa shape index (κ2) is 8.79. The lowest BCUT2D eigenvalue weighted by atomic mass is 10.2. The zero-order valence-corrected chi connectivity index (χ0v) is 18.0. The molecule has 4 rings (SSSR count). The maximum absolute atomic E-state index is 13.3. The Morgan fingerprint density at radius 1 is 1.17 bits per heavy atom. The summed E-state index contributed by atoms with van der Waals surface area (Å²) in [4.78, 5) is 27.0.